The molecule has 2 heterocycles. The molecular formula is C17H24BrN3O4. The normalized spacial score (nSPS) is 15.2. The van der Waals surface area contributed by atoms with Crippen LogP contribution in [-0.4, -0.2) is 59.2 Å². The Hall–Kier alpha value is -1.83. The van der Waals surface area contributed by atoms with Gasteiger partial charge in [0.2, 0.25) is 5.91 Å². The molecule has 25 heavy (non-hydrogen) atoms. The number of hydrogen-bond acceptors (Lipinski definition) is 4. The molecule has 0 aromatic carbocycles. The lowest BCUT2D eigenvalue weighted by Gasteiger charge is -2.22. The second-order valence-electron chi connectivity index (χ2n) is 6.51. The van der Waals surface area contributed by atoms with Gasteiger partial charge in [-0.25, -0.2) is 4.79 Å². The number of nitrogens with zero attached hydrogens (tertiary/aromatic N) is 3. The summed E-state index contributed by atoms with van der Waals surface area (Å²) < 4.78 is 7.38. The van der Waals surface area contributed by atoms with Crippen molar-refractivity contribution in [2.75, 3.05) is 32.8 Å². The fourth-order valence-corrected chi connectivity index (χ4v) is 2.93. The fraction of sp³-hybridized carbons (Fsp3) is 0.588. The molecule has 0 N–H and O–H groups in total. The van der Waals surface area contributed by atoms with E-state index in [-0.39, 0.29) is 30.0 Å². The summed E-state index contributed by atoms with van der Waals surface area (Å²) in [6.45, 7) is 6.38. The maximum absolute atomic E-state index is 12.5. The molecule has 1 aromatic heterocycles. The number of carbonyl (C=O) groups is 2. The SMILES string of the molecule is CC(C)COC(=O)N1CCCN(C(=O)Cn2cc(Br)ccc2=O)CC1. The van der Waals surface area contributed by atoms with Gasteiger partial charge in [0.1, 0.15) is 6.54 Å². The molecule has 0 bridgehead atoms. The third-order valence-electron chi connectivity index (χ3n) is 3.90. The van der Waals surface area contributed by atoms with Crippen LogP contribution in [0.1, 0.15) is 20.3 Å². The summed E-state index contributed by atoms with van der Waals surface area (Å²) in [4.78, 5) is 39.7. The van der Waals surface area contributed by atoms with E-state index in [2.05, 4.69) is 15.9 Å². The zero-order valence-corrected chi connectivity index (χ0v) is 16.2. The topological polar surface area (TPSA) is 71.8 Å². The number of pyridine rings is 1. The van der Waals surface area contributed by atoms with E-state index < -0.39 is 0 Å². The lowest BCUT2D eigenvalue weighted by molar-refractivity contribution is -0.131. The van der Waals surface area contributed by atoms with E-state index in [1.54, 1.807) is 22.1 Å². The van der Waals surface area contributed by atoms with Crippen LogP contribution >= 0.6 is 15.9 Å². The summed E-state index contributed by atoms with van der Waals surface area (Å²) in [5.74, 6) is 0.162. The third-order valence-corrected chi connectivity index (χ3v) is 4.37. The number of hydrogen-bond donors (Lipinski definition) is 0. The Morgan fingerprint density at radius 1 is 1.16 bits per heavy atom. The molecule has 8 heteroatoms. The van der Waals surface area contributed by atoms with Crippen LogP contribution in [0.5, 0.6) is 0 Å². The van der Waals surface area contributed by atoms with E-state index in [0.717, 1.165) is 4.47 Å². The van der Waals surface area contributed by atoms with E-state index in [0.29, 0.717) is 39.2 Å². The predicted molar refractivity (Wildman–Crippen MR) is 97.4 cm³/mol. The quantitative estimate of drug-likeness (QED) is 0.755. The number of carbonyl (C=O) groups excluding carboxylic acids is 2. The molecule has 1 fully saturated rings. The van der Waals surface area contributed by atoms with Crippen molar-refractivity contribution >= 4 is 27.9 Å². The van der Waals surface area contributed by atoms with Crippen molar-refractivity contribution in [1.29, 1.82) is 0 Å². The summed E-state index contributed by atoms with van der Waals surface area (Å²) in [6, 6.07) is 3.07. The molecule has 0 atom stereocenters. The molecule has 7 nitrogen and oxygen atoms in total. The number of rotatable bonds is 4. The first-order valence-electron chi connectivity index (χ1n) is 8.42. The van der Waals surface area contributed by atoms with E-state index >= 15 is 0 Å². The lowest BCUT2D eigenvalue weighted by Crippen LogP contribution is -2.40. The van der Waals surface area contributed by atoms with Gasteiger partial charge in [0, 0.05) is 42.9 Å². The Morgan fingerprint density at radius 3 is 2.56 bits per heavy atom. The molecule has 0 saturated carbocycles. The van der Waals surface area contributed by atoms with Crippen LogP contribution in [-0.2, 0) is 16.1 Å². The summed E-state index contributed by atoms with van der Waals surface area (Å²) in [5.41, 5.74) is -0.217. The molecule has 2 rings (SSSR count). The zero-order valence-electron chi connectivity index (χ0n) is 14.6. The minimum atomic E-state index is -0.328. The minimum absolute atomic E-state index is 0.00390. The standard InChI is InChI=1S/C17H24BrN3O4/c1-13(2)12-25-17(24)20-7-3-6-19(8-9-20)16(23)11-21-10-14(18)4-5-15(21)22/h4-5,10,13H,3,6-9,11-12H2,1-2H3. The van der Waals surface area contributed by atoms with E-state index in [1.807, 2.05) is 13.8 Å². The molecule has 0 spiro atoms. The first-order valence-corrected chi connectivity index (χ1v) is 9.21. The van der Waals surface area contributed by atoms with Crippen LogP contribution in [0.25, 0.3) is 0 Å². The molecule has 2 amide bonds. The highest BCUT2D eigenvalue weighted by Gasteiger charge is 2.23. The average Bonchev–Trinajstić information content (AvgIpc) is 2.82. The van der Waals surface area contributed by atoms with Crippen molar-refractivity contribution in [2.24, 2.45) is 5.92 Å². The van der Waals surface area contributed by atoms with Crippen molar-refractivity contribution in [3.8, 4) is 0 Å². The van der Waals surface area contributed by atoms with E-state index in [1.165, 1.54) is 10.6 Å². The second-order valence-corrected chi connectivity index (χ2v) is 7.42. The number of halogens is 1. The highest BCUT2D eigenvalue weighted by atomic mass is 79.9. The van der Waals surface area contributed by atoms with Gasteiger partial charge in [-0.15, -0.1) is 0 Å². The van der Waals surface area contributed by atoms with Crippen LogP contribution < -0.4 is 5.56 Å². The highest BCUT2D eigenvalue weighted by Crippen LogP contribution is 2.08. The first kappa shape index (κ1) is 19.5. The van der Waals surface area contributed by atoms with E-state index in [4.69, 9.17) is 4.74 Å². The van der Waals surface area contributed by atoms with Crippen LogP contribution in [0.3, 0.4) is 0 Å². The predicted octanol–water partition coefficient (Wildman–Crippen LogP) is 1.94. The van der Waals surface area contributed by atoms with Gasteiger partial charge in [0.25, 0.3) is 5.56 Å². The van der Waals surface area contributed by atoms with Gasteiger partial charge in [-0.05, 0) is 34.3 Å². The minimum Gasteiger partial charge on any atom is -0.449 e. The smallest absolute Gasteiger partial charge is 0.409 e. The van der Waals surface area contributed by atoms with Gasteiger partial charge < -0.3 is 19.1 Å². The van der Waals surface area contributed by atoms with Crippen molar-refractivity contribution in [2.45, 2.75) is 26.8 Å². The Balaban J connectivity index is 1.91. The molecule has 1 aliphatic heterocycles. The van der Waals surface area contributed by atoms with Crippen molar-refractivity contribution in [3.05, 3.63) is 33.2 Å². The Labute approximate surface area is 155 Å². The van der Waals surface area contributed by atoms with Crippen LogP contribution in [0.4, 0.5) is 4.79 Å². The number of aromatic nitrogens is 1. The lowest BCUT2D eigenvalue weighted by atomic mass is 10.2. The Bertz CT molecular complexity index is 674. The van der Waals surface area contributed by atoms with E-state index in [9.17, 15) is 14.4 Å². The highest BCUT2D eigenvalue weighted by molar-refractivity contribution is 9.10. The summed E-state index contributed by atoms with van der Waals surface area (Å²) in [5, 5.41) is 0. The van der Waals surface area contributed by atoms with Gasteiger partial charge in [-0.3, -0.25) is 9.59 Å². The first-order chi connectivity index (χ1) is 11.9. The van der Waals surface area contributed by atoms with Crippen LogP contribution in [0.15, 0.2) is 27.6 Å². The Kier molecular flexibility index (Phi) is 7.04. The summed E-state index contributed by atoms with van der Waals surface area (Å²) >= 11 is 3.30. The fourth-order valence-electron chi connectivity index (χ4n) is 2.55. The molecular weight excluding hydrogens is 390 g/mol. The maximum atomic E-state index is 12.5. The van der Waals surface area contributed by atoms with Gasteiger partial charge >= 0.3 is 6.09 Å². The molecule has 1 aromatic rings. The van der Waals surface area contributed by atoms with Crippen molar-refractivity contribution in [3.63, 3.8) is 0 Å². The summed E-state index contributed by atoms with van der Waals surface area (Å²) in [6.07, 6.45) is 1.97. The molecule has 1 aliphatic rings. The van der Waals surface area contributed by atoms with Crippen molar-refractivity contribution < 1.29 is 14.3 Å². The van der Waals surface area contributed by atoms with Gasteiger partial charge in [0.05, 0.1) is 6.61 Å². The Morgan fingerprint density at radius 2 is 1.84 bits per heavy atom. The maximum Gasteiger partial charge on any atom is 0.409 e. The molecule has 1 saturated heterocycles. The largest absolute Gasteiger partial charge is 0.449 e. The van der Waals surface area contributed by atoms with Gasteiger partial charge in [-0.1, -0.05) is 13.8 Å². The zero-order chi connectivity index (χ0) is 18.4. The average molecular weight is 414 g/mol. The van der Waals surface area contributed by atoms with Gasteiger partial charge in [0.15, 0.2) is 0 Å². The molecule has 0 radical (unpaired) electrons. The summed E-state index contributed by atoms with van der Waals surface area (Å²) in [7, 11) is 0. The van der Waals surface area contributed by atoms with Crippen LogP contribution in [0, 0.1) is 5.92 Å². The molecule has 138 valence electrons. The molecule has 0 unspecified atom stereocenters. The number of ether oxygens (including phenoxy) is 1. The van der Waals surface area contributed by atoms with Crippen molar-refractivity contribution in [1.82, 2.24) is 14.4 Å². The number of amides is 2. The monoisotopic (exact) mass is 413 g/mol. The molecule has 0 aliphatic carbocycles. The van der Waals surface area contributed by atoms with Crippen LogP contribution in [0.2, 0.25) is 0 Å². The van der Waals surface area contributed by atoms with Gasteiger partial charge in [-0.2, -0.15) is 0 Å². The second kappa shape index (κ2) is 9.03. The third kappa shape index (κ3) is 5.88.